The maximum absolute atomic E-state index is 12.6. The maximum atomic E-state index is 12.6. The van der Waals surface area contributed by atoms with Gasteiger partial charge < -0.3 is 10.6 Å². The lowest BCUT2D eigenvalue weighted by molar-refractivity contribution is 0.0200. The van der Waals surface area contributed by atoms with Gasteiger partial charge in [0, 0.05) is 30.4 Å². The molecule has 2 atom stereocenters. The fraction of sp³-hybridized carbons (Fsp3) is 0.458. The van der Waals surface area contributed by atoms with E-state index in [1.165, 1.54) is 30.4 Å². The minimum Gasteiger partial charge on any atom is -0.335 e. The van der Waals surface area contributed by atoms with Crippen molar-refractivity contribution >= 4 is 11.7 Å². The highest BCUT2D eigenvalue weighted by molar-refractivity contribution is 5.90. The van der Waals surface area contributed by atoms with Crippen molar-refractivity contribution in [2.24, 2.45) is 0 Å². The van der Waals surface area contributed by atoms with Crippen LogP contribution in [0.5, 0.6) is 0 Å². The normalized spacial score (nSPS) is 24.5. The minimum atomic E-state index is -0.0690. The smallest absolute Gasteiger partial charge is 0.319 e. The number of fused-ring (bicyclic) bond motifs is 2. The van der Waals surface area contributed by atoms with Crippen molar-refractivity contribution in [2.75, 3.05) is 5.32 Å². The number of hydrogen-bond donors (Lipinski definition) is 2. The molecule has 4 nitrogen and oxygen atoms in total. The van der Waals surface area contributed by atoms with Gasteiger partial charge in [-0.25, -0.2) is 4.79 Å². The van der Waals surface area contributed by atoms with Crippen LogP contribution in [0.3, 0.4) is 0 Å². The Balaban J connectivity index is 1.37. The number of nitrogens with one attached hydrogen (secondary N) is 2. The fourth-order valence-electron chi connectivity index (χ4n) is 4.94. The summed E-state index contributed by atoms with van der Waals surface area (Å²) < 4.78 is 0. The number of anilines is 1. The first-order valence-corrected chi connectivity index (χ1v) is 10.7. The van der Waals surface area contributed by atoms with Crippen molar-refractivity contribution in [1.82, 2.24) is 10.2 Å². The van der Waals surface area contributed by atoms with Gasteiger partial charge in [-0.05, 0) is 49.3 Å². The van der Waals surface area contributed by atoms with Crippen molar-refractivity contribution in [1.29, 1.82) is 0 Å². The standard InChI is InChI=1S/C24H31N3O/c1-2-19-11-6-7-14-23(19)26-24(28)25-20-15-21-12-8-13-22(16-20)27(21)17-18-9-4-3-5-10-18/h3-7,9-11,14,20-22H,2,8,12-13,15-17H2,1H3,(H2,25,26,28)/t21-,22-/m0/s1. The Bertz CT molecular complexity index is 777. The largest absolute Gasteiger partial charge is 0.335 e. The highest BCUT2D eigenvalue weighted by Gasteiger charge is 2.38. The zero-order valence-corrected chi connectivity index (χ0v) is 16.7. The van der Waals surface area contributed by atoms with E-state index < -0.39 is 0 Å². The van der Waals surface area contributed by atoms with E-state index in [-0.39, 0.29) is 12.1 Å². The van der Waals surface area contributed by atoms with Crippen LogP contribution in [0.15, 0.2) is 54.6 Å². The summed E-state index contributed by atoms with van der Waals surface area (Å²) in [6.45, 7) is 3.14. The molecule has 2 bridgehead atoms. The van der Waals surface area contributed by atoms with E-state index in [1.807, 2.05) is 18.2 Å². The third kappa shape index (κ3) is 4.39. The van der Waals surface area contributed by atoms with E-state index in [9.17, 15) is 4.79 Å². The number of carbonyl (C=O) groups excluding carboxylic acids is 1. The number of piperidine rings is 2. The number of carbonyl (C=O) groups is 1. The molecule has 4 heteroatoms. The molecule has 2 heterocycles. The number of benzene rings is 2. The van der Waals surface area contributed by atoms with E-state index in [0.29, 0.717) is 12.1 Å². The average molecular weight is 378 g/mol. The van der Waals surface area contributed by atoms with Gasteiger partial charge in [-0.2, -0.15) is 0 Å². The Morgan fingerprint density at radius 1 is 1.00 bits per heavy atom. The average Bonchev–Trinajstić information content (AvgIpc) is 2.70. The van der Waals surface area contributed by atoms with Gasteiger partial charge in [-0.1, -0.05) is 61.9 Å². The van der Waals surface area contributed by atoms with E-state index in [2.05, 4.69) is 58.9 Å². The van der Waals surface area contributed by atoms with Crippen LogP contribution < -0.4 is 10.6 Å². The molecular formula is C24H31N3O. The van der Waals surface area contributed by atoms with Gasteiger partial charge in [-0.15, -0.1) is 0 Å². The Labute approximate surface area is 168 Å². The van der Waals surface area contributed by atoms with Crippen molar-refractivity contribution in [3.63, 3.8) is 0 Å². The van der Waals surface area contributed by atoms with Gasteiger partial charge in [0.2, 0.25) is 0 Å². The van der Waals surface area contributed by atoms with Gasteiger partial charge in [0.15, 0.2) is 0 Å². The lowest BCUT2D eigenvalue weighted by atomic mass is 9.81. The first kappa shape index (κ1) is 19.0. The molecule has 0 aromatic heterocycles. The lowest BCUT2D eigenvalue weighted by Crippen LogP contribution is -2.56. The molecule has 0 saturated carbocycles. The number of hydrogen-bond acceptors (Lipinski definition) is 2. The number of urea groups is 1. The van der Waals surface area contributed by atoms with E-state index in [1.54, 1.807) is 0 Å². The summed E-state index contributed by atoms with van der Waals surface area (Å²) in [6.07, 6.45) is 6.80. The molecule has 2 aliphatic rings. The molecule has 0 unspecified atom stereocenters. The monoisotopic (exact) mass is 377 g/mol. The highest BCUT2D eigenvalue weighted by atomic mass is 16.2. The molecule has 2 amide bonds. The van der Waals surface area contributed by atoms with Crippen molar-refractivity contribution in [3.8, 4) is 0 Å². The molecule has 0 aliphatic carbocycles. The topological polar surface area (TPSA) is 44.4 Å². The summed E-state index contributed by atoms with van der Waals surface area (Å²) in [5.41, 5.74) is 3.48. The van der Waals surface area contributed by atoms with Crippen LogP contribution in [0.4, 0.5) is 10.5 Å². The summed E-state index contributed by atoms with van der Waals surface area (Å²) in [5, 5.41) is 6.32. The summed E-state index contributed by atoms with van der Waals surface area (Å²) in [6, 6.07) is 20.1. The predicted octanol–water partition coefficient (Wildman–Crippen LogP) is 4.96. The Hall–Kier alpha value is -2.33. The predicted molar refractivity (Wildman–Crippen MR) is 114 cm³/mol. The van der Waals surface area contributed by atoms with Crippen molar-refractivity contribution < 1.29 is 4.79 Å². The summed E-state index contributed by atoms with van der Waals surface area (Å²) in [5.74, 6) is 0. The molecule has 0 radical (unpaired) electrons. The number of para-hydroxylation sites is 1. The van der Waals surface area contributed by atoms with Gasteiger partial charge in [0.25, 0.3) is 0 Å². The van der Waals surface area contributed by atoms with Gasteiger partial charge in [0.05, 0.1) is 0 Å². The molecule has 0 spiro atoms. The molecule has 2 fully saturated rings. The SMILES string of the molecule is CCc1ccccc1NC(=O)NC1C[C@@H]2CCC[C@@H](C1)N2Cc1ccccc1. The molecule has 28 heavy (non-hydrogen) atoms. The lowest BCUT2D eigenvalue weighted by Gasteiger charge is -2.49. The van der Waals surface area contributed by atoms with Crippen LogP contribution in [0, 0.1) is 0 Å². The molecule has 4 rings (SSSR count). The Morgan fingerprint density at radius 2 is 1.68 bits per heavy atom. The summed E-state index contributed by atoms with van der Waals surface area (Å²) >= 11 is 0. The highest BCUT2D eigenvalue weighted by Crippen LogP contribution is 2.35. The molecule has 2 aromatic carbocycles. The van der Waals surface area contributed by atoms with E-state index in [4.69, 9.17) is 0 Å². The minimum absolute atomic E-state index is 0.0690. The molecule has 2 aliphatic heterocycles. The van der Waals surface area contributed by atoms with Crippen LogP contribution in [-0.2, 0) is 13.0 Å². The zero-order valence-electron chi connectivity index (χ0n) is 16.7. The zero-order chi connectivity index (χ0) is 19.3. The van der Waals surface area contributed by atoms with Crippen LogP contribution >= 0.6 is 0 Å². The summed E-state index contributed by atoms with van der Waals surface area (Å²) in [4.78, 5) is 15.3. The second kappa shape index (κ2) is 8.78. The third-order valence-electron chi connectivity index (χ3n) is 6.32. The van der Waals surface area contributed by atoms with Crippen molar-refractivity contribution in [3.05, 3.63) is 65.7 Å². The van der Waals surface area contributed by atoms with Crippen molar-refractivity contribution in [2.45, 2.75) is 70.1 Å². The van der Waals surface area contributed by atoms with Gasteiger partial charge in [-0.3, -0.25) is 4.90 Å². The van der Waals surface area contributed by atoms with Crippen LogP contribution in [0.1, 0.15) is 50.2 Å². The van der Waals surface area contributed by atoms with Gasteiger partial charge in [0.1, 0.15) is 0 Å². The molecule has 2 aromatic rings. The molecule has 2 N–H and O–H groups in total. The first-order valence-electron chi connectivity index (χ1n) is 10.7. The number of amides is 2. The fourth-order valence-corrected chi connectivity index (χ4v) is 4.94. The second-order valence-corrected chi connectivity index (χ2v) is 8.17. The molecule has 2 saturated heterocycles. The Kier molecular flexibility index (Phi) is 5.96. The number of aryl methyl sites for hydroxylation is 1. The second-order valence-electron chi connectivity index (χ2n) is 8.17. The Morgan fingerprint density at radius 3 is 2.39 bits per heavy atom. The number of rotatable bonds is 5. The van der Waals surface area contributed by atoms with Crippen LogP contribution in [-0.4, -0.2) is 29.1 Å². The van der Waals surface area contributed by atoms with E-state index in [0.717, 1.165) is 31.5 Å². The molecule has 148 valence electrons. The first-order chi connectivity index (χ1) is 13.7. The molecular weight excluding hydrogens is 346 g/mol. The summed E-state index contributed by atoms with van der Waals surface area (Å²) in [7, 11) is 0. The third-order valence-corrected chi connectivity index (χ3v) is 6.32. The maximum Gasteiger partial charge on any atom is 0.319 e. The van der Waals surface area contributed by atoms with Crippen LogP contribution in [0.25, 0.3) is 0 Å². The van der Waals surface area contributed by atoms with E-state index >= 15 is 0 Å². The van der Waals surface area contributed by atoms with Gasteiger partial charge >= 0.3 is 6.03 Å². The quantitative estimate of drug-likeness (QED) is 0.774. The number of nitrogens with zero attached hydrogens (tertiary/aromatic N) is 1. The van der Waals surface area contributed by atoms with Crippen LogP contribution in [0.2, 0.25) is 0 Å².